The van der Waals surface area contributed by atoms with Crippen LogP contribution in [0.1, 0.15) is 47.9 Å². The van der Waals surface area contributed by atoms with Gasteiger partial charge in [-0.1, -0.05) is 84.6 Å². The van der Waals surface area contributed by atoms with Crippen LogP contribution in [0.25, 0.3) is 0 Å². The van der Waals surface area contributed by atoms with Crippen molar-refractivity contribution in [3.8, 4) is 0 Å². The zero-order chi connectivity index (χ0) is 32.1. The number of carbonyl (C=O) groups excluding carboxylic acids is 2. The van der Waals surface area contributed by atoms with E-state index in [1.54, 1.807) is 6.07 Å². The molecule has 0 saturated heterocycles. The van der Waals surface area contributed by atoms with Crippen molar-refractivity contribution in [3.63, 3.8) is 0 Å². The predicted octanol–water partition coefficient (Wildman–Crippen LogP) is 6.13. The number of alkyl halides is 3. The topological polar surface area (TPSA) is 86.8 Å². The van der Waals surface area contributed by atoms with E-state index in [0.717, 1.165) is 55.2 Å². The van der Waals surface area contributed by atoms with Crippen molar-refractivity contribution in [2.24, 2.45) is 0 Å². The summed E-state index contributed by atoms with van der Waals surface area (Å²) in [4.78, 5) is 29.4. The molecule has 1 aliphatic rings. The Kier molecular flexibility index (Phi) is 10.6. The number of sulfonamides is 1. The molecule has 0 radical (unpaired) electrons. The Morgan fingerprint density at radius 2 is 1.64 bits per heavy atom. The highest BCUT2D eigenvalue weighted by molar-refractivity contribution is 7.92. The van der Waals surface area contributed by atoms with Gasteiger partial charge in [-0.3, -0.25) is 13.9 Å². The maximum absolute atomic E-state index is 14.2. The average Bonchev–Trinajstić information content (AvgIpc) is 3.46. The number of nitrogens with zero attached hydrogens (tertiary/aromatic N) is 2. The van der Waals surface area contributed by atoms with Crippen molar-refractivity contribution >= 4 is 39.1 Å². The van der Waals surface area contributed by atoms with Gasteiger partial charge in [-0.2, -0.15) is 13.2 Å². The molecule has 1 atom stereocenters. The molecule has 12 heteroatoms. The number of aryl methyl sites for hydroxylation is 1. The molecule has 4 rings (SSSR count). The van der Waals surface area contributed by atoms with Gasteiger partial charge in [0.2, 0.25) is 21.8 Å². The molecular formula is C32H35ClF3N3O4S. The van der Waals surface area contributed by atoms with Crippen LogP contribution in [0.2, 0.25) is 5.02 Å². The number of benzene rings is 3. The van der Waals surface area contributed by atoms with Crippen LogP contribution in [0, 0.1) is 6.92 Å². The predicted molar refractivity (Wildman–Crippen MR) is 165 cm³/mol. The van der Waals surface area contributed by atoms with Gasteiger partial charge in [0.1, 0.15) is 12.6 Å². The molecule has 0 spiro atoms. The monoisotopic (exact) mass is 649 g/mol. The van der Waals surface area contributed by atoms with Crippen molar-refractivity contribution in [2.45, 2.75) is 63.8 Å². The number of rotatable bonds is 11. The first-order valence-corrected chi connectivity index (χ1v) is 16.5. The Bertz CT molecular complexity index is 1580. The van der Waals surface area contributed by atoms with Crippen molar-refractivity contribution in [3.05, 3.63) is 100 Å². The van der Waals surface area contributed by atoms with Crippen LogP contribution < -0.4 is 9.62 Å². The summed E-state index contributed by atoms with van der Waals surface area (Å²) >= 11 is 6.21. The third-order valence-electron chi connectivity index (χ3n) is 7.63. The zero-order valence-electron chi connectivity index (χ0n) is 24.5. The number of hydrogen-bond donors (Lipinski definition) is 1. The number of amides is 2. The van der Waals surface area contributed by atoms with Gasteiger partial charge in [-0.15, -0.1) is 0 Å². The molecule has 0 heterocycles. The molecule has 1 aliphatic carbocycles. The zero-order valence-corrected chi connectivity index (χ0v) is 26.1. The molecule has 7 nitrogen and oxygen atoms in total. The van der Waals surface area contributed by atoms with E-state index in [2.05, 4.69) is 5.32 Å². The van der Waals surface area contributed by atoms with Gasteiger partial charge >= 0.3 is 6.18 Å². The Labute approximate surface area is 261 Å². The molecule has 44 heavy (non-hydrogen) atoms. The SMILES string of the molecule is Cc1cccc(CN(C(=O)CN(c2cc(C(F)(F)F)ccc2Cl)S(C)(=O)=O)[C@H](Cc2ccccc2)C(=O)NC2CCCC2)c1. The number of hydrogen-bond acceptors (Lipinski definition) is 4. The highest BCUT2D eigenvalue weighted by Crippen LogP contribution is 2.36. The van der Waals surface area contributed by atoms with Gasteiger partial charge in [0.05, 0.1) is 22.5 Å². The van der Waals surface area contributed by atoms with Gasteiger partial charge in [0.25, 0.3) is 0 Å². The molecule has 0 aromatic heterocycles. The number of nitrogens with one attached hydrogen (secondary N) is 1. The quantitative estimate of drug-likeness (QED) is 0.271. The summed E-state index contributed by atoms with van der Waals surface area (Å²) in [7, 11) is -4.30. The molecule has 1 N–H and O–H groups in total. The van der Waals surface area contributed by atoms with E-state index < -0.39 is 45.9 Å². The van der Waals surface area contributed by atoms with Crippen LogP contribution in [0.4, 0.5) is 18.9 Å². The van der Waals surface area contributed by atoms with Crippen LogP contribution in [-0.2, 0) is 38.8 Å². The fraction of sp³-hybridized carbons (Fsp3) is 0.375. The molecule has 236 valence electrons. The van der Waals surface area contributed by atoms with Crippen molar-refractivity contribution in [1.82, 2.24) is 10.2 Å². The fourth-order valence-corrected chi connectivity index (χ4v) is 6.53. The van der Waals surface area contributed by atoms with Gasteiger partial charge in [0.15, 0.2) is 0 Å². The molecule has 0 bridgehead atoms. The summed E-state index contributed by atoms with van der Waals surface area (Å²) in [6, 6.07) is 17.7. The van der Waals surface area contributed by atoms with E-state index in [1.165, 1.54) is 4.90 Å². The summed E-state index contributed by atoms with van der Waals surface area (Å²) in [6.07, 6.45) is -0.279. The lowest BCUT2D eigenvalue weighted by Crippen LogP contribution is -2.54. The molecule has 0 aliphatic heterocycles. The molecule has 3 aromatic carbocycles. The minimum absolute atomic E-state index is 0.0377. The van der Waals surface area contributed by atoms with E-state index in [4.69, 9.17) is 11.6 Å². The minimum Gasteiger partial charge on any atom is -0.352 e. The lowest BCUT2D eigenvalue weighted by molar-refractivity contribution is -0.140. The smallest absolute Gasteiger partial charge is 0.352 e. The second-order valence-corrected chi connectivity index (χ2v) is 13.5. The van der Waals surface area contributed by atoms with Crippen LogP contribution in [0.5, 0.6) is 0 Å². The molecule has 2 amide bonds. The van der Waals surface area contributed by atoms with E-state index in [9.17, 15) is 31.2 Å². The molecule has 1 saturated carbocycles. The second-order valence-electron chi connectivity index (χ2n) is 11.1. The Hall–Kier alpha value is -3.57. The molecule has 0 unspecified atom stereocenters. The number of halogens is 4. The van der Waals surface area contributed by atoms with Crippen molar-refractivity contribution < 1.29 is 31.2 Å². The molecule has 1 fully saturated rings. The lowest BCUT2D eigenvalue weighted by Gasteiger charge is -2.34. The van der Waals surface area contributed by atoms with Crippen molar-refractivity contribution in [1.29, 1.82) is 0 Å². The normalized spacial score (nSPS) is 14.7. The Morgan fingerprint density at radius 1 is 0.977 bits per heavy atom. The van der Waals surface area contributed by atoms with Crippen LogP contribution in [0.15, 0.2) is 72.8 Å². The van der Waals surface area contributed by atoms with Gasteiger partial charge < -0.3 is 10.2 Å². The van der Waals surface area contributed by atoms with E-state index in [1.807, 2.05) is 55.5 Å². The highest BCUT2D eigenvalue weighted by atomic mass is 35.5. The highest BCUT2D eigenvalue weighted by Gasteiger charge is 2.36. The van der Waals surface area contributed by atoms with Gasteiger partial charge in [0, 0.05) is 19.0 Å². The first-order chi connectivity index (χ1) is 20.7. The van der Waals surface area contributed by atoms with Crippen LogP contribution in [0.3, 0.4) is 0 Å². The van der Waals surface area contributed by atoms with Gasteiger partial charge in [-0.25, -0.2) is 8.42 Å². The number of carbonyl (C=O) groups is 2. The number of anilines is 1. The van der Waals surface area contributed by atoms with E-state index in [-0.39, 0.29) is 29.9 Å². The summed E-state index contributed by atoms with van der Waals surface area (Å²) in [5.74, 6) is -1.15. The lowest BCUT2D eigenvalue weighted by atomic mass is 10.0. The Morgan fingerprint density at radius 3 is 2.25 bits per heavy atom. The third-order valence-corrected chi connectivity index (χ3v) is 9.08. The summed E-state index contributed by atoms with van der Waals surface area (Å²) in [5.41, 5.74) is 0.795. The van der Waals surface area contributed by atoms with Crippen molar-refractivity contribution in [2.75, 3.05) is 17.1 Å². The third kappa shape index (κ3) is 8.75. The maximum atomic E-state index is 14.2. The summed E-state index contributed by atoms with van der Waals surface area (Å²) < 4.78 is 67.2. The van der Waals surface area contributed by atoms with Crippen LogP contribution in [-0.4, -0.2) is 50.0 Å². The molecular weight excluding hydrogens is 615 g/mol. The van der Waals surface area contributed by atoms with Crippen LogP contribution >= 0.6 is 11.6 Å². The Balaban J connectivity index is 1.77. The minimum atomic E-state index is -4.77. The standard InChI is InChI=1S/C32H35ClF3N3O4S/c1-22-9-8-12-24(17-22)20-38(29(18-23-10-4-3-5-11-23)31(41)37-26-13-6-7-14-26)30(40)21-39(44(2,42)43)28-19-25(32(34,35)36)15-16-27(28)33/h3-5,8-12,15-17,19,26,29H,6-7,13-14,18,20-21H2,1-2H3,(H,37,41)/t29-/m1/s1. The van der Waals surface area contributed by atoms with E-state index in [0.29, 0.717) is 15.9 Å². The average molecular weight is 650 g/mol. The largest absolute Gasteiger partial charge is 0.416 e. The summed E-state index contributed by atoms with van der Waals surface area (Å²) in [6.45, 7) is 0.975. The van der Waals surface area contributed by atoms with Gasteiger partial charge in [-0.05, 0) is 49.1 Å². The first kappa shape index (κ1) is 33.3. The first-order valence-electron chi connectivity index (χ1n) is 14.3. The van der Waals surface area contributed by atoms with E-state index >= 15 is 0 Å². The fourth-order valence-electron chi connectivity index (χ4n) is 5.40. The maximum Gasteiger partial charge on any atom is 0.416 e. The summed E-state index contributed by atoms with van der Waals surface area (Å²) in [5, 5.41) is 2.79. The molecule has 3 aromatic rings. The second kappa shape index (κ2) is 14.0.